The first-order valence-electron chi connectivity index (χ1n) is 14.0. The lowest BCUT2D eigenvalue weighted by Gasteiger charge is -2.09. The Morgan fingerprint density at radius 2 is 1.07 bits per heavy atom. The first-order valence-corrected chi connectivity index (χ1v) is 14.0. The molecule has 7 aromatic rings. The Hall–Kier alpha value is -5.54. The molecular weight excluding hydrogens is 510 g/mol. The molecule has 3 nitrogen and oxygen atoms in total. The van der Waals surface area contributed by atoms with Crippen LogP contribution in [0.3, 0.4) is 0 Å². The van der Waals surface area contributed by atoms with Gasteiger partial charge in [-0.2, -0.15) is 0 Å². The maximum atomic E-state index is 8.13. The van der Waals surface area contributed by atoms with Crippen molar-refractivity contribution in [3.05, 3.63) is 168 Å². The number of hydrogen-bond donors (Lipinski definition) is 1. The molecule has 0 aliphatic heterocycles. The van der Waals surface area contributed by atoms with Crippen LogP contribution in [0, 0.1) is 12.3 Å². The smallest absolute Gasteiger partial charge is 0.0716 e. The van der Waals surface area contributed by atoms with Crippen LogP contribution in [0.15, 0.2) is 157 Å². The molecule has 0 unspecified atom stereocenters. The van der Waals surface area contributed by atoms with Gasteiger partial charge in [0.25, 0.3) is 0 Å². The Morgan fingerprint density at radius 1 is 0.571 bits per heavy atom. The van der Waals surface area contributed by atoms with Crippen LogP contribution in [0.4, 0.5) is 5.69 Å². The second kappa shape index (κ2) is 11.9. The van der Waals surface area contributed by atoms with Crippen LogP contribution in [0.1, 0.15) is 16.7 Å². The molecule has 0 saturated heterocycles. The van der Waals surface area contributed by atoms with E-state index >= 15 is 0 Å². The van der Waals surface area contributed by atoms with Gasteiger partial charge in [0.2, 0.25) is 0 Å². The number of hydrogen-bond acceptors (Lipinski definition) is 2. The van der Waals surface area contributed by atoms with Gasteiger partial charge in [-0.15, -0.1) is 0 Å². The van der Waals surface area contributed by atoms with Crippen molar-refractivity contribution in [2.75, 3.05) is 0 Å². The topological polar surface area (TPSA) is 41.1 Å². The molecule has 0 saturated carbocycles. The third-order valence-corrected chi connectivity index (χ3v) is 7.50. The van der Waals surface area contributed by atoms with Gasteiger partial charge in [-0.1, -0.05) is 127 Å². The number of rotatable bonds is 5. The largest absolute Gasteiger partial charge is 0.309 e. The van der Waals surface area contributed by atoms with Gasteiger partial charge in [-0.25, -0.2) is 0 Å². The van der Waals surface area contributed by atoms with E-state index in [0.717, 1.165) is 16.8 Å². The Labute approximate surface area is 246 Å². The molecule has 42 heavy (non-hydrogen) atoms. The zero-order valence-electron chi connectivity index (χ0n) is 23.5. The van der Waals surface area contributed by atoms with Gasteiger partial charge in [0.05, 0.1) is 22.4 Å². The van der Waals surface area contributed by atoms with Crippen LogP contribution in [0.25, 0.3) is 38.6 Å². The van der Waals surface area contributed by atoms with Crippen molar-refractivity contribution in [2.45, 2.75) is 6.92 Å². The van der Waals surface area contributed by atoms with E-state index in [9.17, 15) is 0 Å². The third-order valence-electron chi connectivity index (χ3n) is 7.50. The van der Waals surface area contributed by atoms with E-state index in [1.807, 2.05) is 54.6 Å². The van der Waals surface area contributed by atoms with Gasteiger partial charge in [0, 0.05) is 27.6 Å². The predicted octanol–water partition coefficient (Wildman–Crippen LogP) is 10.2. The van der Waals surface area contributed by atoms with E-state index in [1.54, 1.807) is 0 Å². The van der Waals surface area contributed by atoms with Crippen molar-refractivity contribution in [3.8, 4) is 16.8 Å². The summed E-state index contributed by atoms with van der Waals surface area (Å²) in [6.45, 7) is 5.64. The summed E-state index contributed by atoms with van der Waals surface area (Å²) in [6, 6.07) is 52.0. The molecule has 6 aromatic carbocycles. The van der Waals surface area contributed by atoms with Crippen molar-refractivity contribution < 1.29 is 0 Å². The molecular formula is C39H31N3. The Morgan fingerprint density at radius 3 is 1.67 bits per heavy atom. The average molecular weight is 542 g/mol. The molecule has 0 atom stereocenters. The van der Waals surface area contributed by atoms with Gasteiger partial charge in [-0.3, -0.25) is 10.4 Å². The average Bonchev–Trinajstić information content (AvgIpc) is 3.40. The van der Waals surface area contributed by atoms with Crippen LogP contribution in [-0.4, -0.2) is 17.0 Å². The summed E-state index contributed by atoms with van der Waals surface area (Å²) >= 11 is 0. The minimum atomic E-state index is 0.476. The molecule has 3 heteroatoms. The molecule has 0 aliphatic rings. The van der Waals surface area contributed by atoms with Gasteiger partial charge in [-0.05, 0) is 55.1 Å². The fourth-order valence-electron chi connectivity index (χ4n) is 5.33. The highest BCUT2D eigenvalue weighted by atomic mass is 15.0. The fourth-order valence-corrected chi connectivity index (χ4v) is 5.33. The lowest BCUT2D eigenvalue weighted by Crippen LogP contribution is -2.00. The van der Waals surface area contributed by atoms with E-state index in [4.69, 9.17) is 5.41 Å². The SMILES string of the molecule is C=Nc1ccccc1C(=N)c1ccccc1.Cc1ccc(-c2ccc(-n3c4ccccc4c4ccccc43)cc2)cc1. The molecule has 7 rings (SSSR count). The molecule has 0 fully saturated rings. The van der Waals surface area contributed by atoms with E-state index in [2.05, 4.69) is 120 Å². The standard InChI is InChI=1S/C25H19N.C14H12N2/c1-18-10-12-19(13-11-18)20-14-16-21(17-15-20)26-24-8-4-2-6-22(24)23-7-3-5-9-25(23)26;1-16-13-10-6-5-9-12(13)14(15)11-7-3-2-4-8-11/h2-17H,1H3;2-10,15H,1H2. The normalized spacial score (nSPS) is 10.7. The summed E-state index contributed by atoms with van der Waals surface area (Å²) in [5.74, 6) is 0. The third kappa shape index (κ3) is 5.28. The second-order valence-electron chi connectivity index (χ2n) is 10.2. The summed E-state index contributed by atoms with van der Waals surface area (Å²) in [7, 11) is 0. The van der Waals surface area contributed by atoms with Crippen molar-refractivity contribution in [3.63, 3.8) is 0 Å². The summed E-state index contributed by atoms with van der Waals surface area (Å²) in [6.07, 6.45) is 0. The highest BCUT2D eigenvalue weighted by Crippen LogP contribution is 2.32. The number of nitrogens with one attached hydrogen (secondary N) is 1. The number of benzene rings is 6. The highest BCUT2D eigenvalue weighted by molar-refractivity contribution is 6.13. The quantitative estimate of drug-likeness (QED) is 0.211. The number of nitrogens with zero attached hydrogens (tertiary/aromatic N) is 2. The maximum absolute atomic E-state index is 8.13. The fraction of sp³-hybridized carbons (Fsp3) is 0.0256. The van der Waals surface area contributed by atoms with Gasteiger partial charge >= 0.3 is 0 Å². The van der Waals surface area contributed by atoms with E-state index in [0.29, 0.717) is 5.71 Å². The summed E-state index contributed by atoms with van der Waals surface area (Å²) in [5.41, 5.74) is 10.4. The Kier molecular flexibility index (Phi) is 7.56. The first-order chi connectivity index (χ1) is 20.6. The molecule has 1 heterocycles. The van der Waals surface area contributed by atoms with Crippen molar-refractivity contribution >= 4 is 39.9 Å². The molecule has 1 aromatic heterocycles. The zero-order chi connectivity index (χ0) is 28.9. The number of aryl methyl sites for hydroxylation is 1. The monoisotopic (exact) mass is 541 g/mol. The lowest BCUT2D eigenvalue weighted by atomic mass is 10.0. The van der Waals surface area contributed by atoms with Gasteiger partial charge < -0.3 is 4.57 Å². The molecule has 0 aliphatic carbocycles. The highest BCUT2D eigenvalue weighted by Gasteiger charge is 2.11. The van der Waals surface area contributed by atoms with Gasteiger partial charge in [0.1, 0.15) is 0 Å². The van der Waals surface area contributed by atoms with E-state index in [-0.39, 0.29) is 0 Å². The number of para-hydroxylation sites is 3. The Balaban J connectivity index is 0.000000170. The van der Waals surface area contributed by atoms with E-state index in [1.165, 1.54) is 44.2 Å². The van der Waals surface area contributed by atoms with Crippen LogP contribution < -0.4 is 0 Å². The zero-order valence-corrected chi connectivity index (χ0v) is 23.5. The first kappa shape index (κ1) is 26.7. The molecule has 0 radical (unpaired) electrons. The van der Waals surface area contributed by atoms with Gasteiger partial charge in [0.15, 0.2) is 0 Å². The minimum Gasteiger partial charge on any atom is -0.309 e. The number of aliphatic imine (C=N–C) groups is 1. The van der Waals surface area contributed by atoms with Crippen LogP contribution >= 0.6 is 0 Å². The van der Waals surface area contributed by atoms with Crippen molar-refractivity contribution in [1.82, 2.24) is 4.57 Å². The summed E-state index contributed by atoms with van der Waals surface area (Å²) in [5, 5.41) is 10.7. The molecule has 1 N–H and O–H groups in total. The van der Waals surface area contributed by atoms with Crippen molar-refractivity contribution in [1.29, 1.82) is 5.41 Å². The summed E-state index contributed by atoms with van der Waals surface area (Å²) < 4.78 is 2.35. The second-order valence-corrected chi connectivity index (χ2v) is 10.2. The minimum absolute atomic E-state index is 0.476. The maximum Gasteiger partial charge on any atom is 0.0716 e. The number of fused-ring (bicyclic) bond motifs is 3. The van der Waals surface area contributed by atoms with Crippen LogP contribution in [0.5, 0.6) is 0 Å². The Bertz CT molecular complexity index is 1940. The van der Waals surface area contributed by atoms with Crippen LogP contribution in [0.2, 0.25) is 0 Å². The molecule has 0 spiro atoms. The molecule has 202 valence electrons. The van der Waals surface area contributed by atoms with Crippen LogP contribution in [-0.2, 0) is 0 Å². The predicted molar refractivity (Wildman–Crippen MR) is 179 cm³/mol. The summed E-state index contributed by atoms with van der Waals surface area (Å²) in [4.78, 5) is 3.93. The number of aromatic nitrogens is 1. The van der Waals surface area contributed by atoms with Crippen molar-refractivity contribution in [2.24, 2.45) is 4.99 Å². The lowest BCUT2D eigenvalue weighted by molar-refractivity contribution is 1.18. The van der Waals surface area contributed by atoms with E-state index < -0.39 is 0 Å². The molecule has 0 bridgehead atoms. The molecule has 0 amide bonds.